The van der Waals surface area contributed by atoms with E-state index in [9.17, 15) is 9.90 Å². The van der Waals surface area contributed by atoms with Crippen LogP contribution < -0.4 is 10.3 Å². The Morgan fingerprint density at radius 1 is 1.13 bits per heavy atom. The molecule has 1 unspecified atom stereocenters. The van der Waals surface area contributed by atoms with E-state index >= 15 is 0 Å². The lowest BCUT2D eigenvalue weighted by atomic mass is 9.94. The van der Waals surface area contributed by atoms with Crippen molar-refractivity contribution < 1.29 is 14.3 Å². The summed E-state index contributed by atoms with van der Waals surface area (Å²) in [5, 5.41) is 10.9. The number of piperidine rings is 1. The van der Waals surface area contributed by atoms with Crippen LogP contribution in [0.25, 0.3) is 0 Å². The van der Waals surface area contributed by atoms with Crippen LogP contribution in [0.15, 0.2) is 57.9 Å². The SMILES string of the molecule is COc1cccc(C(c2c(O)cc(C)n(Cc3ccco3)c2=O)N2CCCCC2)c1. The van der Waals surface area contributed by atoms with Gasteiger partial charge in [0, 0.05) is 5.69 Å². The molecule has 3 heterocycles. The summed E-state index contributed by atoms with van der Waals surface area (Å²) in [4.78, 5) is 15.9. The van der Waals surface area contributed by atoms with Crippen molar-refractivity contribution in [2.24, 2.45) is 0 Å². The number of pyridine rings is 1. The van der Waals surface area contributed by atoms with E-state index in [1.54, 1.807) is 24.0 Å². The Labute approximate surface area is 176 Å². The van der Waals surface area contributed by atoms with Crippen molar-refractivity contribution in [3.8, 4) is 11.5 Å². The molecule has 2 aromatic heterocycles. The molecule has 1 N–H and O–H groups in total. The molecule has 158 valence electrons. The number of hydrogen-bond acceptors (Lipinski definition) is 5. The number of aromatic hydroxyl groups is 1. The minimum absolute atomic E-state index is 0.0339. The Morgan fingerprint density at radius 3 is 2.63 bits per heavy atom. The predicted molar refractivity (Wildman–Crippen MR) is 115 cm³/mol. The Balaban J connectivity index is 1.86. The molecule has 0 aliphatic carbocycles. The number of furan rings is 1. The molecule has 0 spiro atoms. The molecule has 1 atom stereocenters. The number of aromatic nitrogens is 1. The molecule has 1 fully saturated rings. The molecule has 0 amide bonds. The van der Waals surface area contributed by atoms with Crippen LogP contribution in [0.4, 0.5) is 0 Å². The third kappa shape index (κ3) is 4.00. The third-order valence-corrected chi connectivity index (χ3v) is 5.86. The quantitative estimate of drug-likeness (QED) is 0.665. The molecule has 0 saturated carbocycles. The molecular weight excluding hydrogens is 380 g/mol. The van der Waals surface area contributed by atoms with Crippen LogP contribution >= 0.6 is 0 Å². The number of hydrogen-bond donors (Lipinski definition) is 1. The minimum Gasteiger partial charge on any atom is -0.507 e. The maximum atomic E-state index is 13.7. The third-order valence-electron chi connectivity index (χ3n) is 5.86. The monoisotopic (exact) mass is 408 g/mol. The molecular formula is C24H28N2O4. The standard InChI is InChI=1S/C24H28N2O4/c1-17-14-21(27)22(24(28)26(17)16-20-10-7-13-30-20)23(25-11-4-3-5-12-25)18-8-6-9-19(15-18)29-2/h6-10,13-15,23,27H,3-5,11-12,16H2,1-2H3. The molecule has 6 nitrogen and oxygen atoms in total. The van der Waals surface area contributed by atoms with Crippen LogP contribution in [-0.4, -0.2) is 34.8 Å². The number of benzene rings is 1. The van der Waals surface area contributed by atoms with E-state index in [-0.39, 0.29) is 17.4 Å². The highest BCUT2D eigenvalue weighted by Gasteiger charge is 2.30. The first-order valence-electron chi connectivity index (χ1n) is 10.4. The Morgan fingerprint density at radius 2 is 1.93 bits per heavy atom. The van der Waals surface area contributed by atoms with Gasteiger partial charge in [0.1, 0.15) is 17.3 Å². The summed E-state index contributed by atoms with van der Waals surface area (Å²) >= 11 is 0. The van der Waals surface area contributed by atoms with E-state index in [0.29, 0.717) is 23.6 Å². The van der Waals surface area contributed by atoms with Gasteiger partial charge in [-0.3, -0.25) is 9.69 Å². The number of rotatable bonds is 6. The molecule has 0 bridgehead atoms. The molecule has 4 rings (SSSR count). The normalized spacial score (nSPS) is 15.8. The average molecular weight is 408 g/mol. The minimum atomic E-state index is -0.337. The van der Waals surface area contributed by atoms with Crippen LogP contribution in [0.3, 0.4) is 0 Å². The fourth-order valence-corrected chi connectivity index (χ4v) is 4.33. The van der Waals surface area contributed by atoms with Gasteiger partial charge < -0.3 is 18.8 Å². The summed E-state index contributed by atoms with van der Waals surface area (Å²) in [5.74, 6) is 1.47. The highest BCUT2D eigenvalue weighted by atomic mass is 16.5. The highest BCUT2D eigenvalue weighted by molar-refractivity contribution is 5.43. The molecule has 1 aliphatic rings. The van der Waals surface area contributed by atoms with E-state index in [2.05, 4.69) is 4.90 Å². The van der Waals surface area contributed by atoms with Crippen LogP contribution in [0.1, 0.15) is 47.9 Å². The van der Waals surface area contributed by atoms with Crippen molar-refractivity contribution in [2.75, 3.05) is 20.2 Å². The zero-order valence-electron chi connectivity index (χ0n) is 17.5. The second kappa shape index (κ2) is 8.79. The van der Waals surface area contributed by atoms with E-state index in [0.717, 1.165) is 37.2 Å². The maximum Gasteiger partial charge on any atom is 0.260 e. The zero-order chi connectivity index (χ0) is 21.1. The summed E-state index contributed by atoms with van der Waals surface area (Å²) in [6, 6.07) is 12.8. The summed E-state index contributed by atoms with van der Waals surface area (Å²) in [7, 11) is 1.63. The predicted octanol–water partition coefficient (Wildman–Crippen LogP) is 4.09. The summed E-state index contributed by atoms with van der Waals surface area (Å²) in [6.45, 7) is 3.92. The lowest BCUT2D eigenvalue weighted by molar-refractivity contribution is 0.183. The van der Waals surface area contributed by atoms with Gasteiger partial charge in [0.2, 0.25) is 0 Å². The Hall–Kier alpha value is -2.99. The van der Waals surface area contributed by atoms with Crippen LogP contribution in [0.2, 0.25) is 0 Å². The van der Waals surface area contributed by atoms with Gasteiger partial charge in [-0.05, 0) is 68.8 Å². The van der Waals surface area contributed by atoms with Gasteiger partial charge in [-0.2, -0.15) is 0 Å². The van der Waals surface area contributed by atoms with E-state index < -0.39 is 0 Å². The maximum absolute atomic E-state index is 13.7. The second-order valence-corrected chi connectivity index (χ2v) is 7.83. The number of likely N-dealkylation sites (tertiary alicyclic amines) is 1. The van der Waals surface area contributed by atoms with Crippen molar-refractivity contribution >= 4 is 0 Å². The average Bonchev–Trinajstić information content (AvgIpc) is 3.28. The van der Waals surface area contributed by atoms with Gasteiger partial charge in [0.05, 0.1) is 31.5 Å². The molecule has 6 heteroatoms. The second-order valence-electron chi connectivity index (χ2n) is 7.83. The molecule has 1 aliphatic heterocycles. The van der Waals surface area contributed by atoms with Crippen molar-refractivity contribution in [2.45, 2.75) is 38.8 Å². The van der Waals surface area contributed by atoms with Gasteiger partial charge in [-0.25, -0.2) is 0 Å². The van der Waals surface area contributed by atoms with Gasteiger partial charge >= 0.3 is 0 Å². The number of nitrogens with zero attached hydrogens (tertiary/aromatic N) is 2. The van der Waals surface area contributed by atoms with Crippen LogP contribution in [-0.2, 0) is 6.54 Å². The van der Waals surface area contributed by atoms with Gasteiger partial charge in [0.15, 0.2) is 0 Å². The van der Waals surface area contributed by atoms with E-state index in [1.807, 2.05) is 43.3 Å². The van der Waals surface area contributed by atoms with E-state index in [4.69, 9.17) is 9.15 Å². The van der Waals surface area contributed by atoms with Gasteiger partial charge in [-0.1, -0.05) is 18.6 Å². The lowest BCUT2D eigenvalue weighted by Gasteiger charge is -2.35. The first-order valence-corrected chi connectivity index (χ1v) is 10.4. The first kappa shape index (κ1) is 20.3. The molecule has 3 aromatic rings. The fourth-order valence-electron chi connectivity index (χ4n) is 4.33. The fraction of sp³-hybridized carbons (Fsp3) is 0.375. The van der Waals surface area contributed by atoms with Gasteiger partial charge in [0.25, 0.3) is 5.56 Å². The van der Waals surface area contributed by atoms with Crippen molar-refractivity contribution in [1.29, 1.82) is 0 Å². The van der Waals surface area contributed by atoms with Crippen molar-refractivity contribution in [1.82, 2.24) is 9.47 Å². The molecule has 0 radical (unpaired) electrons. The number of aryl methyl sites for hydroxylation is 1. The molecule has 1 saturated heterocycles. The largest absolute Gasteiger partial charge is 0.507 e. The summed E-state index contributed by atoms with van der Waals surface area (Å²) < 4.78 is 12.6. The first-order chi connectivity index (χ1) is 14.6. The summed E-state index contributed by atoms with van der Waals surface area (Å²) in [6.07, 6.45) is 4.94. The number of ether oxygens (including phenoxy) is 1. The Kier molecular flexibility index (Phi) is 5.95. The van der Waals surface area contributed by atoms with E-state index in [1.165, 1.54) is 6.42 Å². The van der Waals surface area contributed by atoms with Gasteiger partial charge in [-0.15, -0.1) is 0 Å². The molecule has 30 heavy (non-hydrogen) atoms. The van der Waals surface area contributed by atoms with Crippen molar-refractivity contribution in [3.63, 3.8) is 0 Å². The topological polar surface area (TPSA) is 67.8 Å². The smallest absolute Gasteiger partial charge is 0.260 e. The molecule has 1 aromatic carbocycles. The lowest BCUT2D eigenvalue weighted by Crippen LogP contribution is -2.38. The Bertz CT molecular complexity index is 1050. The van der Waals surface area contributed by atoms with Crippen LogP contribution in [0, 0.1) is 6.92 Å². The number of methoxy groups -OCH3 is 1. The summed E-state index contributed by atoms with van der Waals surface area (Å²) in [5.41, 5.74) is 1.85. The van der Waals surface area contributed by atoms with Crippen molar-refractivity contribution in [3.05, 3.63) is 81.7 Å². The van der Waals surface area contributed by atoms with Crippen LogP contribution in [0.5, 0.6) is 11.5 Å². The zero-order valence-corrected chi connectivity index (χ0v) is 17.5. The highest BCUT2D eigenvalue weighted by Crippen LogP contribution is 2.35.